The number of carbonyl (C=O) groups is 1. The lowest BCUT2D eigenvalue weighted by molar-refractivity contribution is 0.0595. The zero-order valence-electron chi connectivity index (χ0n) is 15.6. The van der Waals surface area contributed by atoms with Crippen LogP contribution in [-0.4, -0.2) is 39.6 Å². The smallest absolute Gasteiger partial charge is 0.254 e. The number of aryl methyl sites for hydroxylation is 1. The Morgan fingerprint density at radius 2 is 1.93 bits per heavy atom. The van der Waals surface area contributed by atoms with Gasteiger partial charge >= 0.3 is 0 Å². The van der Waals surface area contributed by atoms with E-state index in [1.54, 1.807) is 11.6 Å². The summed E-state index contributed by atoms with van der Waals surface area (Å²) in [5, 5.41) is 1.04. The number of H-pyrrole nitrogens is 1. The lowest BCUT2D eigenvalue weighted by Crippen LogP contribution is -2.41. The molecule has 0 saturated carbocycles. The van der Waals surface area contributed by atoms with Crippen LogP contribution in [0, 0.1) is 6.92 Å². The van der Waals surface area contributed by atoms with Gasteiger partial charge in [0.25, 0.3) is 11.5 Å². The van der Waals surface area contributed by atoms with Crippen LogP contribution in [0.4, 0.5) is 0 Å². The topological polar surface area (TPSA) is 67.3 Å². The zero-order chi connectivity index (χ0) is 19.0. The zero-order valence-corrected chi connectivity index (χ0v) is 15.6. The number of likely N-dealkylation sites (tertiary alicyclic amines) is 1. The number of nitrogens with one attached hydrogen (secondary N) is 1. The Kier molecular flexibility index (Phi) is 4.48. The van der Waals surface area contributed by atoms with Gasteiger partial charge in [-0.2, -0.15) is 0 Å². The van der Waals surface area contributed by atoms with Crippen molar-refractivity contribution in [3.05, 3.63) is 64.2 Å². The van der Waals surface area contributed by atoms with Crippen LogP contribution >= 0.6 is 0 Å². The first-order chi connectivity index (χ1) is 13.0. The monoisotopic (exact) mass is 365 g/mol. The van der Waals surface area contributed by atoms with Gasteiger partial charge in [-0.25, -0.2) is 0 Å². The molecule has 2 aromatic heterocycles. The van der Waals surface area contributed by atoms with Crippen LogP contribution in [-0.2, 0) is 7.05 Å². The van der Waals surface area contributed by atoms with E-state index in [0.717, 1.165) is 29.4 Å². The first-order valence-electron chi connectivity index (χ1n) is 9.22. The maximum absolute atomic E-state index is 12.8. The number of carbonyl (C=O) groups excluding carboxylic acids is 1. The molecule has 140 valence electrons. The van der Waals surface area contributed by atoms with Crippen molar-refractivity contribution in [3.8, 4) is 5.75 Å². The number of hydrogen-bond acceptors (Lipinski definition) is 3. The van der Waals surface area contributed by atoms with Crippen molar-refractivity contribution in [3.63, 3.8) is 0 Å². The van der Waals surface area contributed by atoms with Gasteiger partial charge in [0, 0.05) is 67.4 Å². The maximum atomic E-state index is 12.8. The SMILES string of the molecule is Cc1cc(OC2CCN(C(=O)c3ccc4[nH]ccc4c3)CC2)cc(=O)n1C. The lowest BCUT2D eigenvalue weighted by atomic mass is 10.1. The van der Waals surface area contributed by atoms with E-state index < -0.39 is 0 Å². The van der Waals surface area contributed by atoms with Crippen molar-refractivity contribution in [1.82, 2.24) is 14.5 Å². The molecule has 4 rings (SSSR count). The van der Waals surface area contributed by atoms with Crippen molar-refractivity contribution < 1.29 is 9.53 Å². The van der Waals surface area contributed by atoms with Crippen LogP contribution in [0.3, 0.4) is 0 Å². The summed E-state index contributed by atoms with van der Waals surface area (Å²) >= 11 is 0. The number of benzene rings is 1. The number of aromatic amines is 1. The largest absolute Gasteiger partial charge is 0.490 e. The van der Waals surface area contributed by atoms with Gasteiger partial charge in [0.2, 0.25) is 0 Å². The molecule has 1 saturated heterocycles. The summed E-state index contributed by atoms with van der Waals surface area (Å²) in [5.74, 6) is 0.666. The standard InChI is InChI=1S/C21H23N3O3/c1-14-11-18(13-20(25)23(14)2)27-17-6-9-24(10-7-17)21(26)16-3-4-19-15(12-16)5-8-22-19/h3-5,8,11-13,17,22H,6-7,9-10H2,1-2H3. The molecule has 1 aliphatic heterocycles. The number of pyridine rings is 1. The highest BCUT2D eigenvalue weighted by Gasteiger charge is 2.25. The predicted octanol–water partition coefficient (Wildman–Crippen LogP) is 2.86. The van der Waals surface area contributed by atoms with Gasteiger partial charge < -0.3 is 19.2 Å². The molecule has 0 atom stereocenters. The summed E-state index contributed by atoms with van der Waals surface area (Å²) in [7, 11) is 1.75. The number of amides is 1. The summed E-state index contributed by atoms with van der Waals surface area (Å²) in [6.07, 6.45) is 3.41. The molecule has 1 fully saturated rings. The van der Waals surface area contributed by atoms with Gasteiger partial charge in [0.15, 0.2) is 0 Å². The predicted molar refractivity (Wildman–Crippen MR) is 104 cm³/mol. The molecule has 0 aliphatic carbocycles. The minimum absolute atomic E-state index is 0.0210. The fourth-order valence-corrected chi connectivity index (χ4v) is 3.54. The highest BCUT2D eigenvalue weighted by atomic mass is 16.5. The van der Waals surface area contributed by atoms with E-state index in [2.05, 4.69) is 4.98 Å². The van der Waals surface area contributed by atoms with Gasteiger partial charge in [-0.15, -0.1) is 0 Å². The first kappa shape index (κ1) is 17.4. The highest BCUT2D eigenvalue weighted by Crippen LogP contribution is 2.21. The third-order valence-corrected chi connectivity index (χ3v) is 5.31. The molecule has 6 heteroatoms. The van der Waals surface area contributed by atoms with Gasteiger partial charge in [-0.3, -0.25) is 9.59 Å². The second-order valence-corrected chi connectivity index (χ2v) is 7.12. The van der Waals surface area contributed by atoms with Crippen LogP contribution in [0.15, 0.2) is 47.4 Å². The Bertz CT molecular complexity index is 1040. The van der Waals surface area contributed by atoms with E-state index in [1.807, 2.05) is 48.4 Å². The molecule has 6 nitrogen and oxygen atoms in total. The maximum Gasteiger partial charge on any atom is 0.254 e. The van der Waals surface area contributed by atoms with Crippen molar-refractivity contribution in [2.75, 3.05) is 13.1 Å². The first-order valence-corrected chi connectivity index (χ1v) is 9.22. The third-order valence-electron chi connectivity index (χ3n) is 5.31. The van der Waals surface area contributed by atoms with E-state index in [9.17, 15) is 9.59 Å². The number of rotatable bonds is 3. The summed E-state index contributed by atoms with van der Waals surface area (Å²) in [5.41, 5.74) is 2.54. The third kappa shape index (κ3) is 3.47. The number of fused-ring (bicyclic) bond motifs is 1. The minimum atomic E-state index is -0.0715. The average molecular weight is 365 g/mol. The van der Waals surface area contributed by atoms with Crippen LogP contribution in [0.25, 0.3) is 10.9 Å². The van der Waals surface area contributed by atoms with Crippen LogP contribution < -0.4 is 10.3 Å². The summed E-state index contributed by atoms with van der Waals surface area (Å²) in [4.78, 5) is 29.7. The summed E-state index contributed by atoms with van der Waals surface area (Å²) < 4.78 is 7.59. The fourth-order valence-electron chi connectivity index (χ4n) is 3.54. The van der Waals surface area contributed by atoms with Gasteiger partial charge in [0.1, 0.15) is 11.9 Å². The van der Waals surface area contributed by atoms with Crippen LogP contribution in [0.5, 0.6) is 5.75 Å². The van der Waals surface area contributed by atoms with Crippen LogP contribution in [0.2, 0.25) is 0 Å². The van der Waals surface area contributed by atoms with Gasteiger partial charge in [-0.05, 0) is 37.3 Å². The van der Waals surface area contributed by atoms with Crippen LogP contribution in [0.1, 0.15) is 28.9 Å². The Balaban J connectivity index is 1.39. The van der Waals surface area contributed by atoms with E-state index in [-0.39, 0.29) is 17.6 Å². The van der Waals surface area contributed by atoms with E-state index in [1.165, 1.54) is 6.07 Å². The highest BCUT2D eigenvalue weighted by molar-refractivity contribution is 5.98. The molecule has 1 aliphatic rings. The van der Waals surface area contributed by atoms with Gasteiger partial charge in [0.05, 0.1) is 0 Å². The Morgan fingerprint density at radius 1 is 1.15 bits per heavy atom. The molecule has 27 heavy (non-hydrogen) atoms. The molecule has 1 amide bonds. The fraction of sp³-hybridized carbons (Fsp3) is 0.333. The number of hydrogen-bond donors (Lipinski definition) is 1. The molecular formula is C21H23N3O3. The number of piperidine rings is 1. The molecule has 1 N–H and O–H groups in total. The molecular weight excluding hydrogens is 342 g/mol. The molecule has 0 radical (unpaired) electrons. The Morgan fingerprint density at radius 3 is 2.67 bits per heavy atom. The normalized spacial score (nSPS) is 15.3. The van der Waals surface area contributed by atoms with E-state index >= 15 is 0 Å². The number of nitrogens with zero attached hydrogens (tertiary/aromatic N) is 2. The van der Waals surface area contributed by atoms with E-state index in [4.69, 9.17) is 4.74 Å². The molecule has 0 unspecified atom stereocenters. The van der Waals surface area contributed by atoms with E-state index in [0.29, 0.717) is 24.4 Å². The quantitative estimate of drug-likeness (QED) is 0.776. The minimum Gasteiger partial charge on any atom is -0.490 e. The summed E-state index contributed by atoms with van der Waals surface area (Å²) in [6.45, 7) is 3.19. The number of aromatic nitrogens is 2. The molecule has 0 bridgehead atoms. The second-order valence-electron chi connectivity index (χ2n) is 7.12. The molecule has 1 aromatic carbocycles. The van der Waals surface area contributed by atoms with Gasteiger partial charge in [-0.1, -0.05) is 0 Å². The van der Waals surface area contributed by atoms with Crippen molar-refractivity contribution in [1.29, 1.82) is 0 Å². The molecule has 3 aromatic rings. The average Bonchev–Trinajstić information content (AvgIpc) is 3.14. The number of ether oxygens (including phenoxy) is 1. The van der Waals surface area contributed by atoms with Crippen molar-refractivity contribution in [2.24, 2.45) is 7.05 Å². The molecule has 0 spiro atoms. The lowest BCUT2D eigenvalue weighted by Gasteiger charge is -2.32. The van der Waals surface area contributed by atoms with Crippen molar-refractivity contribution in [2.45, 2.75) is 25.9 Å². The Labute approximate surface area is 157 Å². The Hall–Kier alpha value is -3.02. The molecule has 3 heterocycles. The second kappa shape index (κ2) is 6.95. The summed E-state index contributed by atoms with van der Waals surface area (Å²) in [6, 6.07) is 11.1. The van der Waals surface area contributed by atoms with Crippen molar-refractivity contribution >= 4 is 16.8 Å².